The molecular weight excluding hydrogens is 196 g/mol. The SMILES string of the molecule is CN[C@@H](c1ccc(C)cc1)c1ccccn1. The van der Waals surface area contributed by atoms with Crippen LogP contribution in [0.4, 0.5) is 0 Å². The summed E-state index contributed by atoms with van der Waals surface area (Å²) in [5, 5.41) is 3.29. The highest BCUT2D eigenvalue weighted by atomic mass is 14.9. The van der Waals surface area contributed by atoms with Gasteiger partial charge in [-0.05, 0) is 31.7 Å². The van der Waals surface area contributed by atoms with Crippen molar-refractivity contribution in [2.45, 2.75) is 13.0 Å². The second-order valence-corrected chi connectivity index (χ2v) is 3.89. The molecule has 0 amide bonds. The minimum Gasteiger partial charge on any atom is -0.308 e. The minimum atomic E-state index is 0.168. The molecule has 0 radical (unpaired) electrons. The van der Waals surface area contributed by atoms with E-state index >= 15 is 0 Å². The highest BCUT2D eigenvalue weighted by molar-refractivity contribution is 5.29. The smallest absolute Gasteiger partial charge is 0.0748 e. The van der Waals surface area contributed by atoms with Gasteiger partial charge in [-0.3, -0.25) is 4.98 Å². The topological polar surface area (TPSA) is 24.9 Å². The van der Waals surface area contributed by atoms with Gasteiger partial charge >= 0.3 is 0 Å². The van der Waals surface area contributed by atoms with Gasteiger partial charge < -0.3 is 5.32 Å². The monoisotopic (exact) mass is 212 g/mol. The Bertz CT molecular complexity index is 434. The van der Waals surface area contributed by atoms with Crippen LogP contribution in [-0.4, -0.2) is 12.0 Å². The Labute approximate surface area is 96.4 Å². The Morgan fingerprint density at radius 1 is 1.06 bits per heavy atom. The molecule has 1 atom stereocenters. The van der Waals surface area contributed by atoms with Crippen molar-refractivity contribution >= 4 is 0 Å². The lowest BCUT2D eigenvalue weighted by molar-refractivity contribution is 0.671. The third kappa shape index (κ3) is 2.28. The predicted molar refractivity (Wildman–Crippen MR) is 66.3 cm³/mol. The summed E-state index contributed by atoms with van der Waals surface area (Å²) in [6.45, 7) is 2.10. The van der Waals surface area contributed by atoms with Gasteiger partial charge in [-0.1, -0.05) is 35.9 Å². The average molecular weight is 212 g/mol. The molecule has 1 heterocycles. The van der Waals surface area contributed by atoms with Gasteiger partial charge in [0.05, 0.1) is 11.7 Å². The Kier molecular flexibility index (Phi) is 3.32. The first-order chi connectivity index (χ1) is 7.81. The van der Waals surface area contributed by atoms with Gasteiger partial charge in [0.2, 0.25) is 0 Å². The maximum absolute atomic E-state index is 4.39. The normalized spacial score (nSPS) is 12.4. The summed E-state index contributed by atoms with van der Waals surface area (Å²) < 4.78 is 0. The molecule has 0 bridgehead atoms. The van der Waals surface area contributed by atoms with Gasteiger partial charge in [-0.15, -0.1) is 0 Å². The molecule has 2 nitrogen and oxygen atoms in total. The average Bonchev–Trinajstić information content (AvgIpc) is 2.34. The number of hydrogen-bond acceptors (Lipinski definition) is 2. The van der Waals surface area contributed by atoms with E-state index in [1.54, 1.807) is 0 Å². The van der Waals surface area contributed by atoms with Crippen molar-refractivity contribution in [1.29, 1.82) is 0 Å². The van der Waals surface area contributed by atoms with E-state index in [2.05, 4.69) is 41.5 Å². The van der Waals surface area contributed by atoms with E-state index in [9.17, 15) is 0 Å². The maximum Gasteiger partial charge on any atom is 0.0748 e. The molecule has 82 valence electrons. The molecule has 0 saturated heterocycles. The van der Waals surface area contributed by atoms with Gasteiger partial charge in [-0.2, -0.15) is 0 Å². The Balaban J connectivity index is 2.33. The molecule has 2 aromatic rings. The van der Waals surface area contributed by atoms with E-state index in [0.717, 1.165) is 5.69 Å². The van der Waals surface area contributed by atoms with Crippen LogP contribution in [0.1, 0.15) is 22.9 Å². The fourth-order valence-corrected chi connectivity index (χ4v) is 1.79. The van der Waals surface area contributed by atoms with E-state index in [1.807, 2.05) is 31.4 Å². The fraction of sp³-hybridized carbons (Fsp3) is 0.214. The van der Waals surface area contributed by atoms with Gasteiger partial charge in [0.15, 0.2) is 0 Å². The standard InChI is InChI=1S/C14H16N2/c1-11-6-8-12(9-7-11)14(15-2)13-5-3-4-10-16-13/h3-10,14-15H,1-2H3/t14-/m0/s1. The molecule has 0 saturated carbocycles. The zero-order valence-corrected chi connectivity index (χ0v) is 9.64. The third-order valence-electron chi connectivity index (χ3n) is 2.68. The van der Waals surface area contributed by atoms with Crippen molar-refractivity contribution in [3.05, 3.63) is 65.5 Å². The molecule has 0 unspecified atom stereocenters. The fourth-order valence-electron chi connectivity index (χ4n) is 1.79. The lowest BCUT2D eigenvalue weighted by atomic mass is 10.0. The van der Waals surface area contributed by atoms with E-state index in [4.69, 9.17) is 0 Å². The Morgan fingerprint density at radius 3 is 2.38 bits per heavy atom. The number of hydrogen-bond donors (Lipinski definition) is 1. The highest BCUT2D eigenvalue weighted by Crippen LogP contribution is 2.19. The van der Waals surface area contributed by atoms with E-state index in [0.29, 0.717) is 0 Å². The summed E-state index contributed by atoms with van der Waals surface area (Å²) in [6.07, 6.45) is 1.83. The van der Waals surface area contributed by atoms with E-state index < -0.39 is 0 Å². The Hall–Kier alpha value is -1.67. The lowest BCUT2D eigenvalue weighted by Gasteiger charge is -2.16. The number of aryl methyl sites for hydroxylation is 1. The number of nitrogens with one attached hydrogen (secondary N) is 1. The van der Waals surface area contributed by atoms with Crippen LogP contribution in [0.15, 0.2) is 48.7 Å². The van der Waals surface area contributed by atoms with Crippen molar-refractivity contribution < 1.29 is 0 Å². The van der Waals surface area contributed by atoms with Crippen molar-refractivity contribution in [3.63, 3.8) is 0 Å². The zero-order valence-electron chi connectivity index (χ0n) is 9.64. The van der Waals surface area contributed by atoms with Gasteiger partial charge in [0, 0.05) is 6.20 Å². The van der Waals surface area contributed by atoms with Gasteiger partial charge in [0.1, 0.15) is 0 Å². The van der Waals surface area contributed by atoms with Crippen molar-refractivity contribution in [1.82, 2.24) is 10.3 Å². The summed E-state index contributed by atoms with van der Waals surface area (Å²) in [5.74, 6) is 0. The van der Waals surface area contributed by atoms with E-state index in [1.165, 1.54) is 11.1 Å². The summed E-state index contributed by atoms with van der Waals surface area (Å²) in [7, 11) is 1.96. The first kappa shape index (κ1) is 10.8. The number of benzene rings is 1. The van der Waals surface area contributed by atoms with Crippen molar-refractivity contribution in [2.75, 3.05) is 7.05 Å². The van der Waals surface area contributed by atoms with Crippen molar-refractivity contribution in [2.24, 2.45) is 0 Å². The van der Waals surface area contributed by atoms with Crippen LogP contribution < -0.4 is 5.32 Å². The van der Waals surface area contributed by atoms with Crippen LogP contribution in [0.25, 0.3) is 0 Å². The second-order valence-electron chi connectivity index (χ2n) is 3.89. The lowest BCUT2D eigenvalue weighted by Crippen LogP contribution is -2.18. The molecule has 0 fully saturated rings. The first-order valence-electron chi connectivity index (χ1n) is 5.46. The highest BCUT2D eigenvalue weighted by Gasteiger charge is 2.11. The zero-order chi connectivity index (χ0) is 11.4. The molecule has 0 aliphatic carbocycles. The second kappa shape index (κ2) is 4.90. The molecule has 1 aromatic heterocycles. The quantitative estimate of drug-likeness (QED) is 0.846. The molecule has 2 heteroatoms. The molecule has 2 rings (SSSR count). The molecule has 1 aromatic carbocycles. The predicted octanol–water partition coefficient (Wildman–Crippen LogP) is 2.70. The molecule has 0 aliphatic rings. The number of aromatic nitrogens is 1. The summed E-state index contributed by atoms with van der Waals surface area (Å²) in [6, 6.07) is 14.7. The van der Waals surface area contributed by atoms with Crippen LogP contribution in [0.5, 0.6) is 0 Å². The summed E-state index contributed by atoms with van der Waals surface area (Å²) in [4.78, 5) is 4.39. The van der Waals surface area contributed by atoms with Crippen LogP contribution in [0, 0.1) is 6.92 Å². The van der Waals surface area contributed by atoms with Crippen LogP contribution in [0.3, 0.4) is 0 Å². The number of pyridine rings is 1. The van der Waals surface area contributed by atoms with Crippen molar-refractivity contribution in [3.8, 4) is 0 Å². The third-order valence-corrected chi connectivity index (χ3v) is 2.68. The minimum absolute atomic E-state index is 0.168. The molecule has 0 spiro atoms. The molecule has 0 aliphatic heterocycles. The molecule has 16 heavy (non-hydrogen) atoms. The molecule has 1 N–H and O–H groups in total. The number of rotatable bonds is 3. The Morgan fingerprint density at radius 2 is 1.81 bits per heavy atom. The maximum atomic E-state index is 4.39. The largest absolute Gasteiger partial charge is 0.308 e. The van der Waals surface area contributed by atoms with Crippen LogP contribution in [0.2, 0.25) is 0 Å². The van der Waals surface area contributed by atoms with Gasteiger partial charge in [-0.25, -0.2) is 0 Å². The summed E-state index contributed by atoms with van der Waals surface area (Å²) in [5.41, 5.74) is 3.57. The van der Waals surface area contributed by atoms with E-state index in [-0.39, 0.29) is 6.04 Å². The summed E-state index contributed by atoms with van der Waals surface area (Å²) >= 11 is 0. The number of nitrogens with zero attached hydrogens (tertiary/aromatic N) is 1. The van der Waals surface area contributed by atoms with Crippen LogP contribution in [-0.2, 0) is 0 Å². The first-order valence-corrected chi connectivity index (χ1v) is 5.46. The van der Waals surface area contributed by atoms with Crippen LogP contribution >= 0.6 is 0 Å². The molecular formula is C14H16N2. The van der Waals surface area contributed by atoms with Gasteiger partial charge in [0.25, 0.3) is 0 Å².